The number of hydrogen-bond acceptors (Lipinski definition) is 4. The zero-order chi connectivity index (χ0) is 11.8. The van der Waals surface area contributed by atoms with E-state index in [1.165, 1.54) is 12.5 Å². The lowest BCUT2D eigenvalue weighted by atomic mass is 10.5. The van der Waals surface area contributed by atoms with Crippen molar-refractivity contribution in [2.24, 2.45) is 0 Å². The normalized spacial score (nSPS) is 10.6. The summed E-state index contributed by atoms with van der Waals surface area (Å²) in [7, 11) is 1.65. The molecule has 16 heavy (non-hydrogen) atoms. The third-order valence-corrected chi connectivity index (χ3v) is 1.98. The summed E-state index contributed by atoms with van der Waals surface area (Å²) in [5.41, 5.74) is 0.0550. The number of ether oxygens (including phenoxy) is 2. The van der Waals surface area contributed by atoms with E-state index in [1.807, 2.05) is 0 Å². The van der Waals surface area contributed by atoms with Crippen molar-refractivity contribution in [1.82, 2.24) is 9.55 Å². The minimum atomic E-state index is -1.01. The average Bonchev–Trinajstić information content (AvgIpc) is 2.72. The van der Waals surface area contributed by atoms with Crippen LogP contribution < -0.4 is 0 Å². The van der Waals surface area contributed by atoms with E-state index in [9.17, 15) is 4.79 Å². The van der Waals surface area contributed by atoms with Crippen LogP contribution in [0.4, 0.5) is 0 Å². The van der Waals surface area contributed by atoms with Crippen LogP contribution in [0, 0.1) is 0 Å². The molecule has 0 aliphatic heterocycles. The largest absolute Gasteiger partial charge is 0.476 e. The fraction of sp³-hybridized carbons (Fsp3) is 0.600. The Morgan fingerprint density at radius 2 is 2.31 bits per heavy atom. The van der Waals surface area contributed by atoms with Crippen molar-refractivity contribution in [3.05, 3.63) is 18.2 Å². The topological polar surface area (TPSA) is 73.6 Å². The summed E-state index contributed by atoms with van der Waals surface area (Å²) in [6.07, 6.45) is 3.84. The van der Waals surface area contributed by atoms with Gasteiger partial charge in [0.2, 0.25) is 0 Å². The molecule has 0 amide bonds. The van der Waals surface area contributed by atoms with Crippen molar-refractivity contribution in [2.75, 3.05) is 26.9 Å². The van der Waals surface area contributed by atoms with Crippen LogP contribution in [-0.2, 0) is 16.0 Å². The van der Waals surface area contributed by atoms with E-state index in [0.29, 0.717) is 26.4 Å². The van der Waals surface area contributed by atoms with Crippen molar-refractivity contribution in [3.8, 4) is 0 Å². The van der Waals surface area contributed by atoms with Gasteiger partial charge in [-0.05, 0) is 6.42 Å². The molecule has 1 heterocycles. The number of rotatable bonds is 8. The highest BCUT2D eigenvalue weighted by Crippen LogP contribution is 1.96. The summed E-state index contributed by atoms with van der Waals surface area (Å²) in [5, 5.41) is 8.65. The van der Waals surface area contributed by atoms with E-state index in [1.54, 1.807) is 11.7 Å². The molecule has 0 radical (unpaired) electrons. The lowest BCUT2D eigenvalue weighted by Gasteiger charge is -2.04. The van der Waals surface area contributed by atoms with Crippen LogP contribution in [-0.4, -0.2) is 47.6 Å². The molecule has 0 aromatic carbocycles. The summed E-state index contributed by atoms with van der Waals surface area (Å²) < 4.78 is 11.9. The summed E-state index contributed by atoms with van der Waals surface area (Å²) in [6, 6.07) is 0. The highest BCUT2D eigenvalue weighted by Gasteiger charge is 2.05. The first-order chi connectivity index (χ1) is 7.74. The number of imidazole rings is 1. The molecule has 6 nitrogen and oxygen atoms in total. The molecular weight excluding hydrogens is 212 g/mol. The number of carbonyl (C=O) groups is 1. The summed E-state index contributed by atoms with van der Waals surface area (Å²) in [4.78, 5) is 14.3. The molecule has 0 atom stereocenters. The van der Waals surface area contributed by atoms with Crippen molar-refractivity contribution in [2.45, 2.75) is 13.0 Å². The number of hydrogen-bond donors (Lipinski definition) is 1. The molecule has 0 fully saturated rings. The van der Waals surface area contributed by atoms with Gasteiger partial charge in [-0.3, -0.25) is 0 Å². The molecule has 0 saturated heterocycles. The molecule has 0 spiro atoms. The molecule has 1 rings (SSSR count). The number of carboxylic acid groups (broad SMARTS) is 1. The zero-order valence-electron chi connectivity index (χ0n) is 9.26. The van der Waals surface area contributed by atoms with E-state index >= 15 is 0 Å². The molecule has 0 saturated carbocycles. The molecular formula is C10H16N2O4. The van der Waals surface area contributed by atoms with Gasteiger partial charge in [0, 0.05) is 33.1 Å². The van der Waals surface area contributed by atoms with Crippen molar-refractivity contribution >= 4 is 5.97 Å². The predicted molar refractivity (Wildman–Crippen MR) is 56.5 cm³/mol. The average molecular weight is 228 g/mol. The zero-order valence-corrected chi connectivity index (χ0v) is 9.26. The first-order valence-corrected chi connectivity index (χ1v) is 5.06. The van der Waals surface area contributed by atoms with E-state index in [2.05, 4.69) is 4.98 Å². The molecule has 0 unspecified atom stereocenters. The second-order valence-corrected chi connectivity index (χ2v) is 3.26. The highest BCUT2D eigenvalue weighted by molar-refractivity contribution is 5.84. The third kappa shape index (κ3) is 4.41. The van der Waals surface area contributed by atoms with Gasteiger partial charge in [-0.25, -0.2) is 9.78 Å². The third-order valence-electron chi connectivity index (χ3n) is 1.98. The number of aromatic nitrogens is 2. The molecule has 90 valence electrons. The molecule has 6 heteroatoms. The number of carboxylic acids is 1. The van der Waals surface area contributed by atoms with Crippen LogP contribution in [0.15, 0.2) is 12.5 Å². The van der Waals surface area contributed by atoms with E-state index in [-0.39, 0.29) is 5.69 Å². The smallest absolute Gasteiger partial charge is 0.356 e. The molecule has 1 aromatic rings. The van der Waals surface area contributed by atoms with Gasteiger partial charge in [0.1, 0.15) is 0 Å². The quantitative estimate of drug-likeness (QED) is 0.661. The Morgan fingerprint density at radius 3 is 2.94 bits per heavy atom. The molecule has 0 aliphatic rings. The Balaban J connectivity index is 2.14. The second kappa shape index (κ2) is 6.97. The fourth-order valence-corrected chi connectivity index (χ4v) is 1.17. The minimum absolute atomic E-state index is 0.0550. The van der Waals surface area contributed by atoms with Crippen LogP contribution in [0.3, 0.4) is 0 Å². The first kappa shape index (κ1) is 12.7. The molecule has 1 aromatic heterocycles. The Kier molecular flexibility index (Phi) is 5.52. The van der Waals surface area contributed by atoms with Crippen molar-refractivity contribution < 1.29 is 19.4 Å². The van der Waals surface area contributed by atoms with Crippen LogP contribution >= 0.6 is 0 Å². The van der Waals surface area contributed by atoms with Crippen molar-refractivity contribution in [3.63, 3.8) is 0 Å². The van der Waals surface area contributed by atoms with Gasteiger partial charge in [0.15, 0.2) is 5.69 Å². The van der Waals surface area contributed by atoms with E-state index in [4.69, 9.17) is 14.6 Å². The summed E-state index contributed by atoms with van der Waals surface area (Å²) in [5.74, 6) is -1.01. The van der Waals surface area contributed by atoms with Gasteiger partial charge >= 0.3 is 5.97 Å². The predicted octanol–water partition coefficient (Wildman–Crippen LogP) is 0.634. The second-order valence-electron chi connectivity index (χ2n) is 3.26. The minimum Gasteiger partial charge on any atom is -0.476 e. The lowest BCUT2D eigenvalue weighted by Crippen LogP contribution is -2.06. The highest BCUT2D eigenvalue weighted by atomic mass is 16.5. The van der Waals surface area contributed by atoms with Gasteiger partial charge < -0.3 is 19.1 Å². The first-order valence-electron chi connectivity index (χ1n) is 5.06. The molecule has 0 bridgehead atoms. The molecule has 1 N–H and O–H groups in total. The summed E-state index contributed by atoms with van der Waals surface area (Å²) >= 11 is 0. The van der Waals surface area contributed by atoms with Crippen LogP contribution in [0.2, 0.25) is 0 Å². The van der Waals surface area contributed by atoms with Gasteiger partial charge in [0.05, 0.1) is 12.9 Å². The van der Waals surface area contributed by atoms with E-state index < -0.39 is 5.97 Å². The van der Waals surface area contributed by atoms with Gasteiger partial charge in [-0.15, -0.1) is 0 Å². The number of aromatic carboxylic acids is 1. The van der Waals surface area contributed by atoms with Crippen molar-refractivity contribution in [1.29, 1.82) is 0 Å². The maximum atomic E-state index is 10.5. The maximum absolute atomic E-state index is 10.5. The lowest BCUT2D eigenvalue weighted by molar-refractivity contribution is 0.0690. The van der Waals surface area contributed by atoms with Gasteiger partial charge in [-0.2, -0.15) is 0 Å². The Hall–Kier alpha value is -1.40. The maximum Gasteiger partial charge on any atom is 0.356 e. The number of methoxy groups -OCH3 is 1. The molecule has 0 aliphatic carbocycles. The monoisotopic (exact) mass is 228 g/mol. The van der Waals surface area contributed by atoms with Crippen LogP contribution in [0.1, 0.15) is 16.9 Å². The Labute approximate surface area is 93.8 Å². The fourth-order valence-electron chi connectivity index (χ4n) is 1.17. The summed E-state index contributed by atoms with van der Waals surface area (Å²) in [6.45, 7) is 2.48. The van der Waals surface area contributed by atoms with Gasteiger partial charge in [0.25, 0.3) is 0 Å². The van der Waals surface area contributed by atoms with Crippen LogP contribution in [0.5, 0.6) is 0 Å². The Morgan fingerprint density at radius 1 is 1.50 bits per heavy atom. The number of nitrogens with zero attached hydrogens (tertiary/aromatic N) is 2. The van der Waals surface area contributed by atoms with E-state index in [0.717, 1.165) is 6.42 Å². The SMILES string of the molecule is COCCCOCCn1cnc(C(=O)O)c1. The standard InChI is InChI=1S/C10H16N2O4/c1-15-4-2-5-16-6-3-12-7-9(10(13)14)11-8-12/h7-8H,2-6H2,1H3,(H,13,14). The Bertz CT molecular complexity index is 324. The van der Waals surface area contributed by atoms with Crippen LogP contribution in [0.25, 0.3) is 0 Å². The van der Waals surface area contributed by atoms with Gasteiger partial charge in [-0.1, -0.05) is 0 Å².